The second kappa shape index (κ2) is 6.13. The minimum absolute atomic E-state index is 0.608. The van der Waals surface area contributed by atoms with Crippen molar-refractivity contribution in [2.45, 2.75) is 58.4 Å². The summed E-state index contributed by atoms with van der Waals surface area (Å²) < 4.78 is 0. The van der Waals surface area contributed by atoms with E-state index in [1.165, 1.54) is 61.2 Å². The second-order valence-corrected chi connectivity index (χ2v) is 6.32. The van der Waals surface area contributed by atoms with E-state index in [0.717, 1.165) is 25.4 Å². The van der Waals surface area contributed by atoms with Gasteiger partial charge in [0.05, 0.1) is 0 Å². The first-order chi connectivity index (χ1) is 9.81. The molecule has 2 N–H and O–H groups in total. The van der Waals surface area contributed by atoms with Gasteiger partial charge in [0.15, 0.2) is 0 Å². The molecule has 1 fully saturated rings. The van der Waals surface area contributed by atoms with Crippen molar-refractivity contribution >= 4 is 5.82 Å². The Labute approximate surface area is 122 Å². The van der Waals surface area contributed by atoms with Crippen molar-refractivity contribution in [2.24, 2.45) is 11.7 Å². The molecule has 0 bridgehead atoms. The number of pyridine rings is 1. The summed E-state index contributed by atoms with van der Waals surface area (Å²) in [6.07, 6.45) is 9.11. The van der Waals surface area contributed by atoms with Crippen LogP contribution in [0, 0.1) is 5.92 Å². The number of aryl methyl sites for hydroxylation is 2. The molecule has 1 heterocycles. The summed E-state index contributed by atoms with van der Waals surface area (Å²) in [5.74, 6) is 2.04. The third-order valence-electron chi connectivity index (χ3n) is 4.96. The van der Waals surface area contributed by atoms with Crippen molar-refractivity contribution in [3.63, 3.8) is 0 Å². The average molecular weight is 273 g/mol. The van der Waals surface area contributed by atoms with Gasteiger partial charge in [-0.2, -0.15) is 0 Å². The summed E-state index contributed by atoms with van der Waals surface area (Å²) in [5.41, 5.74) is 10.0. The van der Waals surface area contributed by atoms with E-state index in [4.69, 9.17) is 10.7 Å². The molecule has 1 aromatic heterocycles. The zero-order chi connectivity index (χ0) is 13.9. The maximum atomic E-state index is 5.99. The molecule has 3 rings (SSSR count). The number of anilines is 1. The lowest BCUT2D eigenvalue weighted by atomic mass is 9.85. The number of nitrogens with zero attached hydrogens (tertiary/aromatic N) is 2. The molecular formula is C17H27N3. The Hall–Kier alpha value is -1.09. The molecule has 1 aromatic rings. The molecule has 0 amide bonds. The van der Waals surface area contributed by atoms with Crippen LogP contribution in [-0.4, -0.2) is 18.1 Å². The van der Waals surface area contributed by atoms with Gasteiger partial charge in [-0.3, -0.25) is 0 Å². The Morgan fingerprint density at radius 2 is 2.05 bits per heavy atom. The van der Waals surface area contributed by atoms with Crippen LogP contribution < -0.4 is 10.6 Å². The second-order valence-electron chi connectivity index (χ2n) is 6.32. The maximum Gasteiger partial charge on any atom is 0.133 e. The van der Waals surface area contributed by atoms with Crippen molar-refractivity contribution in [3.8, 4) is 0 Å². The van der Waals surface area contributed by atoms with Crippen LogP contribution in [0.15, 0.2) is 6.07 Å². The molecule has 0 saturated heterocycles. The summed E-state index contributed by atoms with van der Waals surface area (Å²) in [4.78, 5) is 7.47. The normalized spacial score (nSPS) is 18.5. The Kier molecular flexibility index (Phi) is 4.25. The van der Waals surface area contributed by atoms with E-state index in [9.17, 15) is 0 Å². The largest absolute Gasteiger partial charge is 0.356 e. The zero-order valence-electron chi connectivity index (χ0n) is 12.7. The Bertz CT molecular complexity index is 466. The summed E-state index contributed by atoms with van der Waals surface area (Å²) in [5, 5.41) is 0. The van der Waals surface area contributed by atoms with Gasteiger partial charge in [-0.25, -0.2) is 4.98 Å². The average Bonchev–Trinajstić information content (AvgIpc) is 2.45. The summed E-state index contributed by atoms with van der Waals surface area (Å²) >= 11 is 0. The molecule has 110 valence electrons. The fourth-order valence-electron chi connectivity index (χ4n) is 3.45. The molecule has 20 heavy (non-hydrogen) atoms. The highest BCUT2D eigenvalue weighted by Gasteiger charge is 2.23. The van der Waals surface area contributed by atoms with Crippen LogP contribution >= 0.6 is 0 Å². The van der Waals surface area contributed by atoms with E-state index < -0.39 is 0 Å². The van der Waals surface area contributed by atoms with Crippen molar-refractivity contribution in [1.29, 1.82) is 0 Å². The van der Waals surface area contributed by atoms with Crippen LogP contribution in [-0.2, 0) is 19.4 Å². The fraction of sp³-hybridized carbons (Fsp3) is 0.706. The number of hydrogen-bond donors (Lipinski definition) is 1. The van der Waals surface area contributed by atoms with Crippen molar-refractivity contribution in [3.05, 3.63) is 22.9 Å². The molecule has 2 aliphatic carbocycles. The van der Waals surface area contributed by atoms with E-state index in [2.05, 4.69) is 17.9 Å². The van der Waals surface area contributed by atoms with Gasteiger partial charge < -0.3 is 10.6 Å². The molecule has 1 saturated carbocycles. The minimum Gasteiger partial charge on any atom is -0.356 e. The summed E-state index contributed by atoms with van der Waals surface area (Å²) in [6, 6.07) is 2.33. The monoisotopic (exact) mass is 273 g/mol. The first kappa shape index (κ1) is 13.9. The van der Waals surface area contributed by atoms with Gasteiger partial charge in [0.25, 0.3) is 0 Å². The summed E-state index contributed by atoms with van der Waals surface area (Å²) in [6.45, 7) is 5.04. The Balaban J connectivity index is 1.88. The smallest absolute Gasteiger partial charge is 0.133 e. The molecule has 0 aromatic carbocycles. The molecule has 3 heteroatoms. The van der Waals surface area contributed by atoms with Crippen LogP contribution in [0.3, 0.4) is 0 Å². The Morgan fingerprint density at radius 3 is 2.70 bits per heavy atom. The lowest BCUT2D eigenvalue weighted by molar-refractivity contribution is 0.318. The van der Waals surface area contributed by atoms with E-state index in [1.807, 2.05) is 0 Å². The first-order valence-electron chi connectivity index (χ1n) is 8.28. The third kappa shape index (κ3) is 2.69. The first-order valence-corrected chi connectivity index (χ1v) is 8.28. The van der Waals surface area contributed by atoms with Gasteiger partial charge in [-0.05, 0) is 63.0 Å². The number of nitrogens with two attached hydrogens (primary N) is 1. The molecule has 0 atom stereocenters. The van der Waals surface area contributed by atoms with E-state index >= 15 is 0 Å². The van der Waals surface area contributed by atoms with Crippen LogP contribution in [0.5, 0.6) is 0 Å². The van der Waals surface area contributed by atoms with E-state index in [-0.39, 0.29) is 0 Å². The van der Waals surface area contributed by atoms with Gasteiger partial charge in [0.2, 0.25) is 0 Å². The zero-order valence-corrected chi connectivity index (χ0v) is 12.7. The third-order valence-corrected chi connectivity index (χ3v) is 4.96. The van der Waals surface area contributed by atoms with Crippen molar-refractivity contribution in [2.75, 3.05) is 18.0 Å². The molecule has 2 aliphatic rings. The topological polar surface area (TPSA) is 42.2 Å². The molecule has 0 radical (unpaired) electrons. The number of hydrogen-bond acceptors (Lipinski definition) is 3. The maximum absolute atomic E-state index is 5.99. The quantitative estimate of drug-likeness (QED) is 0.896. The number of fused-ring (bicyclic) bond motifs is 1. The van der Waals surface area contributed by atoms with Crippen LogP contribution in [0.25, 0.3) is 0 Å². The number of aromatic nitrogens is 1. The predicted octanol–water partition coefficient (Wildman–Crippen LogP) is 3.05. The summed E-state index contributed by atoms with van der Waals surface area (Å²) in [7, 11) is 0. The Morgan fingerprint density at radius 1 is 1.25 bits per heavy atom. The van der Waals surface area contributed by atoms with Gasteiger partial charge in [0.1, 0.15) is 5.82 Å². The molecule has 3 nitrogen and oxygen atoms in total. The molecule has 0 spiro atoms. The van der Waals surface area contributed by atoms with Crippen molar-refractivity contribution < 1.29 is 0 Å². The standard InChI is InChI=1S/C17H27N3/c1-2-20(12-13-6-5-7-13)17-15(11-18)10-14-8-3-4-9-16(14)19-17/h10,13H,2-9,11-12,18H2,1H3. The van der Waals surface area contributed by atoms with Gasteiger partial charge >= 0.3 is 0 Å². The SMILES string of the molecule is CCN(CC1CCC1)c1nc2c(cc1CN)CCCC2. The predicted molar refractivity (Wildman–Crippen MR) is 84.0 cm³/mol. The highest BCUT2D eigenvalue weighted by atomic mass is 15.2. The highest BCUT2D eigenvalue weighted by Crippen LogP contribution is 2.31. The van der Waals surface area contributed by atoms with Crippen LogP contribution in [0.1, 0.15) is 55.8 Å². The van der Waals surface area contributed by atoms with Gasteiger partial charge in [0, 0.05) is 30.9 Å². The van der Waals surface area contributed by atoms with E-state index in [0.29, 0.717) is 6.54 Å². The highest BCUT2D eigenvalue weighted by molar-refractivity contribution is 5.50. The van der Waals surface area contributed by atoms with Gasteiger partial charge in [-0.15, -0.1) is 0 Å². The minimum atomic E-state index is 0.608. The van der Waals surface area contributed by atoms with Crippen LogP contribution in [0.4, 0.5) is 5.82 Å². The van der Waals surface area contributed by atoms with Gasteiger partial charge in [-0.1, -0.05) is 6.42 Å². The molecule has 0 unspecified atom stereocenters. The molecule has 0 aliphatic heterocycles. The molecular weight excluding hydrogens is 246 g/mol. The van der Waals surface area contributed by atoms with Crippen LogP contribution in [0.2, 0.25) is 0 Å². The lowest BCUT2D eigenvalue weighted by Crippen LogP contribution is -2.34. The number of rotatable bonds is 5. The fourth-order valence-corrected chi connectivity index (χ4v) is 3.45. The lowest BCUT2D eigenvalue weighted by Gasteiger charge is -2.34. The van der Waals surface area contributed by atoms with Crippen molar-refractivity contribution in [1.82, 2.24) is 4.98 Å². The van der Waals surface area contributed by atoms with E-state index in [1.54, 1.807) is 0 Å².